The van der Waals surface area contributed by atoms with Crippen LogP contribution in [0.4, 0.5) is 16.0 Å². The van der Waals surface area contributed by atoms with Crippen molar-refractivity contribution < 1.29 is 4.39 Å². The van der Waals surface area contributed by atoms with E-state index in [1.807, 2.05) is 32.2 Å². The summed E-state index contributed by atoms with van der Waals surface area (Å²) in [6.07, 6.45) is 3.96. The van der Waals surface area contributed by atoms with Crippen LogP contribution in [0, 0.1) is 12.7 Å². The Morgan fingerprint density at radius 3 is 2.59 bits per heavy atom. The Bertz CT molecular complexity index is 1420. The first-order chi connectivity index (χ1) is 15.5. The zero-order valence-corrected chi connectivity index (χ0v) is 17.9. The first kappa shape index (κ1) is 19.8. The molecule has 0 aliphatic carbocycles. The highest BCUT2D eigenvalue weighted by Crippen LogP contribution is 2.31. The summed E-state index contributed by atoms with van der Waals surface area (Å²) in [4.78, 5) is 13.1. The number of nitrogens with one attached hydrogen (secondary N) is 1. The number of rotatable bonds is 5. The monoisotopic (exact) mass is 428 g/mol. The quantitative estimate of drug-likeness (QED) is 0.448. The van der Waals surface area contributed by atoms with Gasteiger partial charge < -0.3 is 5.32 Å². The highest BCUT2D eigenvalue weighted by atomic mass is 19.1. The van der Waals surface area contributed by atoms with Gasteiger partial charge in [-0.05, 0) is 49.7 Å². The molecule has 1 aromatic carbocycles. The lowest BCUT2D eigenvalue weighted by Gasteiger charge is -2.08. The van der Waals surface area contributed by atoms with Crippen molar-refractivity contribution in [3.8, 4) is 17.1 Å². The second kappa shape index (κ2) is 7.84. The van der Waals surface area contributed by atoms with Gasteiger partial charge in [0, 0.05) is 35.8 Å². The normalized spacial score (nSPS) is 11.2. The van der Waals surface area contributed by atoms with Gasteiger partial charge in [0.05, 0.1) is 11.4 Å². The number of benzene rings is 1. The molecule has 8 nitrogen and oxygen atoms in total. The minimum atomic E-state index is -0.266. The highest BCUT2D eigenvalue weighted by molar-refractivity contribution is 5.78. The maximum absolute atomic E-state index is 13.4. The molecule has 0 spiro atoms. The van der Waals surface area contributed by atoms with E-state index in [1.54, 1.807) is 27.7 Å². The number of pyridine rings is 1. The summed E-state index contributed by atoms with van der Waals surface area (Å²) in [5, 5.41) is 13.5. The van der Waals surface area contributed by atoms with Crippen LogP contribution in [0.25, 0.3) is 28.1 Å². The summed E-state index contributed by atoms with van der Waals surface area (Å²) in [6, 6.07) is 12.1. The van der Waals surface area contributed by atoms with Crippen molar-refractivity contribution in [3.05, 3.63) is 72.1 Å². The number of hydrogen-bond acceptors (Lipinski definition) is 6. The van der Waals surface area contributed by atoms with Crippen LogP contribution in [0.2, 0.25) is 0 Å². The number of aryl methyl sites for hydroxylation is 2. The molecule has 160 valence electrons. The summed E-state index contributed by atoms with van der Waals surface area (Å²) >= 11 is 0. The van der Waals surface area contributed by atoms with Crippen LogP contribution >= 0.6 is 0 Å². The third-order valence-electron chi connectivity index (χ3n) is 5.42. The van der Waals surface area contributed by atoms with Gasteiger partial charge in [0.2, 0.25) is 0 Å². The topological polar surface area (TPSA) is 86.3 Å². The van der Waals surface area contributed by atoms with Gasteiger partial charge in [-0.1, -0.05) is 6.92 Å². The van der Waals surface area contributed by atoms with E-state index in [1.165, 1.54) is 18.5 Å². The van der Waals surface area contributed by atoms with Crippen molar-refractivity contribution >= 4 is 22.7 Å². The molecule has 5 rings (SSSR count). The standard InChI is InChI=1S/C23H21FN8/c1-4-17-21(15-7-9-16(24)10-8-15)31(3)29-23(17)28-19-12-20(27-13-26-19)32-14(2)18-6-5-11-25-22(18)30-32/h5-13H,4H2,1-3H3,(H,26,27,28,29). The van der Waals surface area contributed by atoms with Gasteiger partial charge in [0.1, 0.15) is 18.0 Å². The Labute approximate surface area is 183 Å². The molecular weight excluding hydrogens is 407 g/mol. The Hall–Kier alpha value is -4.14. The molecule has 0 saturated carbocycles. The van der Waals surface area contributed by atoms with Gasteiger partial charge in [0.25, 0.3) is 0 Å². The molecule has 0 bridgehead atoms. The molecule has 4 heterocycles. The number of fused-ring (bicyclic) bond motifs is 1. The SMILES string of the molecule is CCc1c(Nc2cc(-n3nc4ncccc4c3C)ncn2)nn(C)c1-c1ccc(F)cc1. The van der Waals surface area contributed by atoms with Crippen LogP contribution in [0.1, 0.15) is 18.2 Å². The van der Waals surface area contributed by atoms with E-state index in [2.05, 4.69) is 37.4 Å². The molecule has 0 saturated heterocycles. The fourth-order valence-electron chi connectivity index (χ4n) is 3.89. The lowest BCUT2D eigenvalue weighted by Crippen LogP contribution is -2.04. The first-order valence-electron chi connectivity index (χ1n) is 10.3. The lowest BCUT2D eigenvalue weighted by atomic mass is 10.1. The summed E-state index contributed by atoms with van der Waals surface area (Å²) in [6.45, 7) is 4.04. The van der Waals surface area contributed by atoms with E-state index in [0.717, 1.165) is 34.3 Å². The van der Waals surface area contributed by atoms with Crippen LogP contribution in [0.5, 0.6) is 0 Å². The molecular formula is C23H21FN8. The van der Waals surface area contributed by atoms with Gasteiger partial charge in [0.15, 0.2) is 17.3 Å². The van der Waals surface area contributed by atoms with Crippen LogP contribution < -0.4 is 5.32 Å². The number of halogens is 1. The average Bonchev–Trinajstić information content (AvgIpc) is 3.31. The third kappa shape index (κ3) is 3.37. The van der Waals surface area contributed by atoms with Crippen LogP contribution in [0.15, 0.2) is 55.0 Å². The Kier molecular flexibility index (Phi) is 4.85. The van der Waals surface area contributed by atoms with Gasteiger partial charge in [-0.2, -0.15) is 5.10 Å². The molecule has 0 amide bonds. The zero-order valence-electron chi connectivity index (χ0n) is 17.9. The Morgan fingerprint density at radius 2 is 1.84 bits per heavy atom. The predicted octanol–water partition coefficient (Wildman–Crippen LogP) is 4.36. The molecule has 0 aliphatic heterocycles. The van der Waals surface area contributed by atoms with Crippen LogP contribution in [0.3, 0.4) is 0 Å². The zero-order chi connectivity index (χ0) is 22.2. The number of nitrogens with zero attached hydrogens (tertiary/aromatic N) is 7. The number of anilines is 2. The predicted molar refractivity (Wildman–Crippen MR) is 120 cm³/mol. The average molecular weight is 428 g/mol. The molecule has 5 aromatic rings. The second-order valence-corrected chi connectivity index (χ2v) is 7.42. The van der Waals surface area contributed by atoms with E-state index in [0.29, 0.717) is 23.1 Å². The molecule has 1 N–H and O–H groups in total. The number of aromatic nitrogens is 7. The van der Waals surface area contributed by atoms with Gasteiger partial charge in [-0.15, -0.1) is 5.10 Å². The van der Waals surface area contributed by atoms with Crippen molar-refractivity contribution in [1.82, 2.24) is 34.5 Å². The van der Waals surface area contributed by atoms with E-state index in [-0.39, 0.29) is 5.82 Å². The van der Waals surface area contributed by atoms with Crippen molar-refractivity contribution in [2.24, 2.45) is 7.05 Å². The molecule has 32 heavy (non-hydrogen) atoms. The molecule has 0 fully saturated rings. The van der Waals surface area contributed by atoms with E-state index in [4.69, 9.17) is 0 Å². The molecule has 0 atom stereocenters. The lowest BCUT2D eigenvalue weighted by molar-refractivity contribution is 0.628. The van der Waals surface area contributed by atoms with Gasteiger partial charge >= 0.3 is 0 Å². The van der Waals surface area contributed by atoms with Crippen molar-refractivity contribution in [3.63, 3.8) is 0 Å². The maximum atomic E-state index is 13.4. The Balaban J connectivity index is 1.52. The van der Waals surface area contributed by atoms with Crippen LogP contribution in [-0.4, -0.2) is 34.5 Å². The minimum absolute atomic E-state index is 0.266. The first-order valence-corrected chi connectivity index (χ1v) is 10.3. The molecule has 9 heteroatoms. The highest BCUT2D eigenvalue weighted by Gasteiger charge is 2.18. The van der Waals surface area contributed by atoms with E-state index >= 15 is 0 Å². The van der Waals surface area contributed by atoms with Gasteiger partial charge in [-0.3, -0.25) is 4.68 Å². The van der Waals surface area contributed by atoms with Crippen molar-refractivity contribution in [2.45, 2.75) is 20.3 Å². The molecule has 0 radical (unpaired) electrons. The minimum Gasteiger partial charge on any atom is -0.323 e. The maximum Gasteiger partial charge on any atom is 0.181 e. The third-order valence-corrected chi connectivity index (χ3v) is 5.42. The largest absolute Gasteiger partial charge is 0.323 e. The number of hydrogen-bond donors (Lipinski definition) is 1. The van der Waals surface area contributed by atoms with E-state index in [9.17, 15) is 4.39 Å². The summed E-state index contributed by atoms with van der Waals surface area (Å²) < 4.78 is 16.9. The second-order valence-electron chi connectivity index (χ2n) is 7.42. The summed E-state index contributed by atoms with van der Waals surface area (Å²) in [5.41, 5.74) is 4.47. The molecule has 0 aliphatic rings. The van der Waals surface area contributed by atoms with Crippen molar-refractivity contribution in [1.29, 1.82) is 0 Å². The smallest absolute Gasteiger partial charge is 0.181 e. The summed E-state index contributed by atoms with van der Waals surface area (Å²) in [5.74, 6) is 1.66. The fraction of sp³-hybridized carbons (Fsp3) is 0.174. The van der Waals surface area contributed by atoms with Gasteiger partial charge in [-0.25, -0.2) is 24.0 Å². The Morgan fingerprint density at radius 1 is 1.03 bits per heavy atom. The van der Waals surface area contributed by atoms with E-state index < -0.39 is 0 Å². The van der Waals surface area contributed by atoms with Crippen LogP contribution in [-0.2, 0) is 13.5 Å². The molecule has 0 unspecified atom stereocenters. The fourth-order valence-corrected chi connectivity index (χ4v) is 3.89. The van der Waals surface area contributed by atoms with Crippen molar-refractivity contribution in [2.75, 3.05) is 5.32 Å². The molecule has 4 aromatic heterocycles. The summed E-state index contributed by atoms with van der Waals surface area (Å²) in [7, 11) is 1.88.